The van der Waals surface area contributed by atoms with Gasteiger partial charge in [0.15, 0.2) is 28.7 Å². The average molecular weight is 856 g/mol. The van der Waals surface area contributed by atoms with E-state index in [0.717, 1.165) is 48.9 Å². The van der Waals surface area contributed by atoms with Crippen LogP contribution < -0.4 is 33.7 Å². The van der Waals surface area contributed by atoms with Crippen LogP contribution in [-0.4, -0.2) is 101 Å². The van der Waals surface area contributed by atoms with Crippen LogP contribution in [0.3, 0.4) is 0 Å². The average Bonchev–Trinajstić information content (AvgIpc) is 3.60. The molecule has 0 radical (unpaired) electrons. The molecule has 326 valence electrons. The van der Waals surface area contributed by atoms with E-state index in [4.69, 9.17) is 33.5 Å². The van der Waals surface area contributed by atoms with E-state index < -0.39 is 12.1 Å². The minimum absolute atomic E-state index is 0.0371. The Balaban J connectivity index is 0.854. The van der Waals surface area contributed by atoms with Crippen molar-refractivity contribution in [3.8, 4) is 45.8 Å². The molecule has 5 aromatic rings. The van der Waals surface area contributed by atoms with Crippen molar-refractivity contribution >= 4 is 34.7 Å². The number of piperidine rings is 1. The Labute approximate surface area is 363 Å². The zero-order valence-electron chi connectivity index (χ0n) is 35.2. The Morgan fingerprint density at radius 1 is 0.889 bits per heavy atom. The minimum Gasteiger partial charge on any atom is -0.493 e. The Morgan fingerprint density at radius 3 is 2.48 bits per heavy atom. The second-order valence-electron chi connectivity index (χ2n) is 16.7. The number of amides is 3. The first-order valence-corrected chi connectivity index (χ1v) is 21.7. The number of aromatic nitrogens is 3. The smallest absolute Gasteiger partial charge is 0.413 e. The first-order valence-electron chi connectivity index (χ1n) is 21.7. The Morgan fingerprint density at radius 2 is 1.68 bits per heavy atom. The molecule has 3 aliphatic heterocycles. The van der Waals surface area contributed by atoms with E-state index in [2.05, 4.69) is 20.3 Å². The van der Waals surface area contributed by atoms with E-state index in [9.17, 15) is 14.4 Å². The molecule has 16 heteroatoms. The number of rotatable bonds is 13. The highest BCUT2D eigenvalue weighted by atomic mass is 16.7. The summed E-state index contributed by atoms with van der Waals surface area (Å²) in [5, 5.41) is 9.59. The fraction of sp³-hybridized carbons (Fsp3) is 0.404. The molecule has 1 saturated heterocycles. The van der Waals surface area contributed by atoms with Gasteiger partial charge in [-0.2, -0.15) is 5.10 Å². The van der Waals surface area contributed by atoms with E-state index >= 15 is 0 Å². The number of nitrogens with zero attached hydrogens (tertiary/aromatic N) is 5. The molecule has 5 heterocycles. The lowest BCUT2D eigenvalue weighted by Gasteiger charge is -2.41. The number of carbonyl (C=O) groups is 3. The SMILES string of the molecule is COc1ccc(C2=NN(C3CCN(C(=O)[C@@H](Cc4ccccc4)NC(=O)Oc4c[nH]c5c(-c6c(OCC7CC7)ccc7c6OCO7)ncnc45)CC3)C(=O)[C@@H]3CCC[C@H]23)cc1OC. The summed E-state index contributed by atoms with van der Waals surface area (Å²) in [6.45, 7) is 1.42. The molecule has 0 unspecified atom stereocenters. The molecule has 63 heavy (non-hydrogen) atoms. The lowest BCUT2D eigenvalue weighted by molar-refractivity contribution is -0.142. The zero-order valence-corrected chi connectivity index (χ0v) is 35.2. The van der Waals surface area contributed by atoms with Gasteiger partial charge in [0.25, 0.3) is 0 Å². The Kier molecular flexibility index (Phi) is 10.9. The normalized spacial score (nSPS) is 20.0. The molecule has 2 aromatic heterocycles. The van der Waals surface area contributed by atoms with Crippen molar-refractivity contribution in [1.82, 2.24) is 30.2 Å². The van der Waals surface area contributed by atoms with Gasteiger partial charge in [0, 0.05) is 43.1 Å². The third kappa shape index (κ3) is 7.93. The van der Waals surface area contributed by atoms with Crippen molar-refractivity contribution in [2.45, 2.75) is 63.5 Å². The van der Waals surface area contributed by atoms with Crippen molar-refractivity contribution < 1.29 is 42.8 Å². The molecule has 3 atom stereocenters. The molecular weight excluding hydrogens is 807 g/mol. The van der Waals surface area contributed by atoms with Gasteiger partial charge in [-0.15, -0.1) is 0 Å². The summed E-state index contributed by atoms with van der Waals surface area (Å²) in [7, 11) is 3.21. The van der Waals surface area contributed by atoms with Crippen LogP contribution >= 0.6 is 0 Å². The van der Waals surface area contributed by atoms with Crippen LogP contribution in [0.5, 0.6) is 34.5 Å². The standard InChI is InChI=1S/C47H49N7O9/c1-58-34-14-13-29(22-37(34)59-2)40-31-9-6-10-32(31)45(55)54(52-40)30-17-19-53(20-18-30)46(56)33(21-27-7-4-3-5-8-27)51-47(57)63-38-23-48-43-41(38)49-25-50-42(43)39-35(60-24-28-11-12-28)15-16-36-44(39)62-26-61-36/h3-5,7-8,13-16,22-23,25,28,30-33,48H,6,9-12,17-21,24,26H2,1-2H3,(H,51,57)/t31-,32+,33+/m0/s1. The number of aromatic amines is 1. The number of fused-ring (bicyclic) bond motifs is 3. The topological polar surface area (TPSA) is 179 Å². The van der Waals surface area contributed by atoms with Crippen LogP contribution in [0.1, 0.15) is 56.1 Å². The molecule has 5 aliphatic rings. The molecule has 3 fully saturated rings. The third-order valence-electron chi connectivity index (χ3n) is 12.8. The van der Waals surface area contributed by atoms with Gasteiger partial charge in [-0.05, 0) is 80.3 Å². The second kappa shape index (κ2) is 17.1. The molecule has 3 aromatic carbocycles. The quantitative estimate of drug-likeness (QED) is 0.132. The van der Waals surface area contributed by atoms with Gasteiger partial charge < -0.3 is 43.6 Å². The van der Waals surface area contributed by atoms with Crippen LogP contribution in [0.15, 0.2) is 78.3 Å². The van der Waals surface area contributed by atoms with Crippen molar-refractivity contribution in [2.24, 2.45) is 22.9 Å². The van der Waals surface area contributed by atoms with Gasteiger partial charge in [-0.1, -0.05) is 36.8 Å². The van der Waals surface area contributed by atoms with Crippen molar-refractivity contribution in [2.75, 3.05) is 40.7 Å². The van der Waals surface area contributed by atoms with Crippen LogP contribution in [0, 0.1) is 17.8 Å². The number of hydrogen-bond acceptors (Lipinski definition) is 12. The van der Waals surface area contributed by atoms with Crippen molar-refractivity contribution in [1.29, 1.82) is 0 Å². The van der Waals surface area contributed by atoms with E-state index in [1.165, 1.54) is 6.33 Å². The molecule has 2 N–H and O–H groups in total. The van der Waals surface area contributed by atoms with E-state index in [1.54, 1.807) is 30.3 Å². The number of ether oxygens (including phenoxy) is 6. The van der Waals surface area contributed by atoms with Gasteiger partial charge in [0.2, 0.25) is 18.6 Å². The summed E-state index contributed by atoms with van der Waals surface area (Å²) in [5.41, 5.74) is 4.65. The fourth-order valence-corrected chi connectivity index (χ4v) is 9.37. The van der Waals surface area contributed by atoms with E-state index in [0.29, 0.717) is 89.5 Å². The summed E-state index contributed by atoms with van der Waals surface area (Å²) < 4.78 is 34.8. The molecule has 0 spiro atoms. The van der Waals surface area contributed by atoms with Gasteiger partial charge in [-0.25, -0.2) is 19.8 Å². The number of H-pyrrole nitrogens is 1. The summed E-state index contributed by atoms with van der Waals surface area (Å²) in [4.78, 5) is 56.2. The predicted molar refractivity (Wildman–Crippen MR) is 230 cm³/mol. The predicted octanol–water partition coefficient (Wildman–Crippen LogP) is 6.51. The van der Waals surface area contributed by atoms with Gasteiger partial charge in [-0.3, -0.25) is 9.59 Å². The molecule has 2 saturated carbocycles. The first kappa shape index (κ1) is 40.2. The maximum absolute atomic E-state index is 14.4. The molecular formula is C47H49N7O9. The van der Waals surface area contributed by atoms with Crippen LogP contribution in [0.25, 0.3) is 22.3 Å². The Hall–Kier alpha value is -6.84. The zero-order chi connectivity index (χ0) is 43.0. The largest absolute Gasteiger partial charge is 0.493 e. The molecule has 10 rings (SSSR count). The summed E-state index contributed by atoms with van der Waals surface area (Å²) in [5.74, 6) is 3.30. The van der Waals surface area contributed by atoms with Crippen LogP contribution in [0.2, 0.25) is 0 Å². The van der Waals surface area contributed by atoms with Crippen molar-refractivity contribution in [3.05, 3.63) is 84.3 Å². The number of hydrazone groups is 1. The maximum Gasteiger partial charge on any atom is 0.413 e. The number of benzene rings is 3. The van der Waals surface area contributed by atoms with E-state index in [-0.39, 0.29) is 48.7 Å². The van der Waals surface area contributed by atoms with Crippen LogP contribution in [0.4, 0.5) is 4.79 Å². The second-order valence-corrected chi connectivity index (χ2v) is 16.7. The minimum atomic E-state index is -0.937. The monoisotopic (exact) mass is 855 g/mol. The molecule has 0 bridgehead atoms. The summed E-state index contributed by atoms with van der Waals surface area (Å²) >= 11 is 0. The number of hydrogen-bond donors (Lipinski definition) is 2. The van der Waals surface area contributed by atoms with Gasteiger partial charge in [0.05, 0.1) is 43.7 Å². The molecule has 2 aliphatic carbocycles. The highest BCUT2D eigenvalue weighted by molar-refractivity contribution is 6.07. The molecule has 3 amide bonds. The fourth-order valence-electron chi connectivity index (χ4n) is 9.37. The highest BCUT2D eigenvalue weighted by Gasteiger charge is 2.45. The number of methoxy groups -OCH3 is 2. The Bertz CT molecular complexity index is 2570. The number of carbonyl (C=O) groups excluding carboxylic acids is 3. The maximum atomic E-state index is 14.4. The lowest BCUT2D eigenvalue weighted by atomic mass is 9.85. The van der Waals surface area contributed by atoms with E-state index in [1.807, 2.05) is 60.7 Å². The first-order chi connectivity index (χ1) is 30.9. The van der Waals surface area contributed by atoms with Crippen molar-refractivity contribution in [3.63, 3.8) is 0 Å². The summed E-state index contributed by atoms with van der Waals surface area (Å²) in [6.07, 6.45) is 8.37. The summed E-state index contributed by atoms with van der Waals surface area (Å²) in [6, 6.07) is 17.9. The van der Waals surface area contributed by atoms with Crippen LogP contribution in [-0.2, 0) is 16.0 Å². The highest BCUT2D eigenvalue weighted by Crippen LogP contribution is 2.49. The number of likely N-dealkylation sites (tertiary alicyclic amines) is 1. The third-order valence-corrected chi connectivity index (χ3v) is 12.8. The molecule has 16 nitrogen and oxygen atoms in total. The lowest BCUT2D eigenvalue weighted by Crippen LogP contribution is -2.55. The number of nitrogens with one attached hydrogen (secondary N) is 2. The van der Waals surface area contributed by atoms with Gasteiger partial charge in [0.1, 0.15) is 29.3 Å². The van der Waals surface area contributed by atoms with Gasteiger partial charge >= 0.3 is 6.09 Å².